The van der Waals surface area contributed by atoms with Gasteiger partial charge in [0, 0.05) is 19.1 Å². The maximum atomic E-state index is 12.7. The van der Waals surface area contributed by atoms with Crippen LogP contribution in [0.5, 0.6) is 0 Å². The molecule has 2 amide bonds. The van der Waals surface area contributed by atoms with Gasteiger partial charge in [0.15, 0.2) is 0 Å². The molecule has 1 aliphatic rings. The smallest absolute Gasteiger partial charge is 0.407 e. The van der Waals surface area contributed by atoms with Crippen molar-refractivity contribution < 1.29 is 29.0 Å². The van der Waals surface area contributed by atoms with Crippen LogP contribution in [0.4, 0.5) is 4.79 Å². The largest absolute Gasteiger partial charge is 0.481 e. The molecular weight excluding hydrogens is 424 g/mol. The third kappa shape index (κ3) is 6.10. The molecule has 8 heteroatoms. The van der Waals surface area contributed by atoms with Crippen molar-refractivity contribution in [2.24, 2.45) is 0 Å². The summed E-state index contributed by atoms with van der Waals surface area (Å²) in [6.07, 6.45) is 0.305. The highest BCUT2D eigenvalue weighted by molar-refractivity contribution is 5.86. The number of hydrogen-bond acceptors (Lipinski definition) is 5. The zero-order chi connectivity index (χ0) is 23.8. The Bertz CT molecular complexity index is 947. The fourth-order valence-electron chi connectivity index (χ4n) is 4.22. The van der Waals surface area contributed by atoms with Crippen LogP contribution in [0.15, 0.2) is 48.5 Å². The van der Waals surface area contributed by atoms with Gasteiger partial charge in [0.25, 0.3) is 0 Å². The van der Waals surface area contributed by atoms with Crippen molar-refractivity contribution in [3.63, 3.8) is 0 Å². The fourth-order valence-corrected chi connectivity index (χ4v) is 4.22. The highest BCUT2D eigenvalue weighted by Crippen LogP contribution is 2.44. The van der Waals surface area contributed by atoms with Crippen LogP contribution in [-0.2, 0) is 19.1 Å². The number of alkyl carbamates (subject to hydrolysis) is 1. The number of carbonyl (C=O) groups is 3. The second-order valence-electron chi connectivity index (χ2n) is 8.07. The molecule has 1 aliphatic carbocycles. The van der Waals surface area contributed by atoms with Gasteiger partial charge in [-0.05, 0) is 28.7 Å². The van der Waals surface area contributed by atoms with Crippen LogP contribution in [-0.4, -0.2) is 55.5 Å². The summed E-state index contributed by atoms with van der Waals surface area (Å²) >= 11 is 0. The van der Waals surface area contributed by atoms with Gasteiger partial charge < -0.3 is 25.2 Å². The van der Waals surface area contributed by atoms with Gasteiger partial charge in [-0.2, -0.15) is 0 Å². The fraction of sp³-hybridized carbons (Fsp3) is 0.400. The first-order chi connectivity index (χ1) is 15.9. The molecule has 3 rings (SSSR count). The molecule has 0 fully saturated rings. The van der Waals surface area contributed by atoms with Gasteiger partial charge in [0.05, 0.1) is 13.0 Å². The van der Waals surface area contributed by atoms with Gasteiger partial charge in [-0.15, -0.1) is 0 Å². The van der Waals surface area contributed by atoms with E-state index < -0.39 is 30.1 Å². The Labute approximate surface area is 193 Å². The molecule has 0 unspecified atom stereocenters. The number of hydrogen-bond donors (Lipinski definition) is 3. The number of nitrogens with one attached hydrogen (secondary N) is 2. The van der Waals surface area contributed by atoms with Gasteiger partial charge in [-0.1, -0.05) is 61.9 Å². The van der Waals surface area contributed by atoms with Crippen LogP contribution in [0.2, 0.25) is 0 Å². The molecule has 2 aromatic rings. The number of carboxylic acids is 1. The van der Waals surface area contributed by atoms with Crippen LogP contribution >= 0.6 is 0 Å². The Morgan fingerprint density at radius 3 is 2.15 bits per heavy atom. The first-order valence-electron chi connectivity index (χ1n) is 11.1. The number of fused-ring (bicyclic) bond motifs is 3. The average Bonchev–Trinajstić information content (AvgIpc) is 3.11. The first kappa shape index (κ1) is 24.3. The molecule has 3 N–H and O–H groups in total. The molecule has 0 saturated carbocycles. The first-order valence-corrected chi connectivity index (χ1v) is 11.1. The highest BCUT2D eigenvalue weighted by atomic mass is 16.5. The number of aliphatic carboxylic acids is 1. The quantitative estimate of drug-likeness (QED) is 0.480. The van der Waals surface area contributed by atoms with E-state index in [1.807, 2.05) is 43.3 Å². The van der Waals surface area contributed by atoms with Crippen molar-refractivity contribution in [1.29, 1.82) is 0 Å². The number of carbonyl (C=O) groups excluding carboxylic acids is 2. The Morgan fingerprint density at radius 2 is 1.61 bits per heavy atom. The van der Waals surface area contributed by atoms with E-state index in [4.69, 9.17) is 14.6 Å². The van der Waals surface area contributed by atoms with Gasteiger partial charge in [-0.3, -0.25) is 9.59 Å². The zero-order valence-corrected chi connectivity index (χ0v) is 18.9. The van der Waals surface area contributed by atoms with Gasteiger partial charge in [-0.25, -0.2) is 4.79 Å². The highest BCUT2D eigenvalue weighted by Gasteiger charge is 2.30. The molecule has 33 heavy (non-hydrogen) atoms. The van der Waals surface area contributed by atoms with Crippen LogP contribution in [0.25, 0.3) is 11.1 Å². The molecule has 0 bridgehead atoms. The number of carboxylic acid groups (broad SMARTS) is 1. The molecule has 0 heterocycles. The number of amides is 2. The van der Waals surface area contributed by atoms with Crippen molar-refractivity contribution in [3.8, 4) is 11.1 Å². The summed E-state index contributed by atoms with van der Waals surface area (Å²) in [5.41, 5.74) is 4.43. The van der Waals surface area contributed by atoms with Gasteiger partial charge >= 0.3 is 12.1 Å². The molecule has 0 aromatic heterocycles. The molecule has 2 aromatic carbocycles. The SMILES string of the molecule is CCC[C@@H](CC(=O)O)NC(=O)[C@H](COC)NC(=O)OCC1c2ccccc2-c2ccccc21. The number of methoxy groups -OCH3 is 1. The van der Waals surface area contributed by atoms with Crippen molar-refractivity contribution in [2.45, 2.75) is 44.2 Å². The minimum atomic E-state index is -1.00. The molecule has 0 saturated heterocycles. The summed E-state index contributed by atoms with van der Waals surface area (Å²) in [5, 5.41) is 14.3. The lowest BCUT2D eigenvalue weighted by Crippen LogP contribution is -2.52. The Balaban J connectivity index is 1.62. The number of benzene rings is 2. The van der Waals surface area contributed by atoms with E-state index in [2.05, 4.69) is 22.8 Å². The summed E-state index contributed by atoms with van der Waals surface area (Å²) in [6, 6.07) is 14.5. The average molecular weight is 455 g/mol. The topological polar surface area (TPSA) is 114 Å². The summed E-state index contributed by atoms with van der Waals surface area (Å²) in [5.74, 6) is -1.60. The van der Waals surface area contributed by atoms with Crippen LogP contribution in [0, 0.1) is 0 Å². The third-order valence-electron chi connectivity index (χ3n) is 5.69. The number of rotatable bonds is 11. The van der Waals surface area contributed by atoms with Crippen molar-refractivity contribution in [1.82, 2.24) is 10.6 Å². The molecule has 176 valence electrons. The van der Waals surface area contributed by atoms with Crippen molar-refractivity contribution in [2.75, 3.05) is 20.3 Å². The molecule has 0 spiro atoms. The molecule has 2 atom stereocenters. The van der Waals surface area contributed by atoms with E-state index in [-0.39, 0.29) is 25.6 Å². The Morgan fingerprint density at radius 1 is 1.00 bits per heavy atom. The third-order valence-corrected chi connectivity index (χ3v) is 5.69. The Hall–Kier alpha value is -3.39. The summed E-state index contributed by atoms with van der Waals surface area (Å²) < 4.78 is 10.6. The molecular formula is C25H30N2O6. The second kappa shape index (κ2) is 11.5. The predicted octanol–water partition coefficient (Wildman–Crippen LogP) is 3.30. The van der Waals surface area contributed by atoms with Gasteiger partial charge in [0.1, 0.15) is 12.6 Å². The zero-order valence-electron chi connectivity index (χ0n) is 18.9. The lowest BCUT2D eigenvalue weighted by atomic mass is 9.98. The van der Waals surface area contributed by atoms with E-state index >= 15 is 0 Å². The summed E-state index contributed by atoms with van der Waals surface area (Å²) in [6.45, 7) is 1.96. The monoisotopic (exact) mass is 454 g/mol. The standard InChI is InChI=1S/C25H30N2O6/c1-3-8-16(13-23(28)29)26-24(30)22(15-32-2)27-25(31)33-14-21-19-11-6-4-9-17(19)18-10-5-7-12-20(18)21/h4-7,9-12,16,21-22H,3,8,13-15H2,1-2H3,(H,26,30)(H,27,31)(H,28,29)/t16-,22-/m0/s1. The van der Waals surface area contributed by atoms with Gasteiger partial charge in [0.2, 0.25) is 5.91 Å². The van der Waals surface area contributed by atoms with E-state index in [0.29, 0.717) is 12.8 Å². The van der Waals surface area contributed by atoms with E-state index in [1.54, 1.807) is 0 Å². The van der Waals surface area contributed by atoms with Crippen LogP contribution in [0.1, 0.15) is 43.2 Å². The minimum absolute atomic E-state index is 0.0675. The van der Waals surface area contributed by atoms with Crippen molar-refractivity contribution in [3.05, 3.63) is 59.7 Å². The lowest BCUT2D eigenvalue weighted by Gasteiger charge is -2.22. The van der Waals surface area contributed by atoms with E-state index in [9.17, 15) is 14.4 Å². The summed E-state index contributed by atoms with van der Waals surface area (Å²) in [7, 11) is 1.42. The maximum absolute atomic E-state index is 12.7. The van der Waals surface area contributed by atoms with E-state index in [1.165, 1.54) is 7.11 Å². The maximum Gasteiger partial charge on any atom is 0.407 e. The molecule has 0 radical (unpaired) electrons. The van der Waals surface area contributed by atoms with Crippen molar-refractivity contribution >= 4 is 18.0 Å². The lowest BCUT2D eigenvalue weighted by molar-refractivity contribution is -0.137. The summed E-state index contributed by atoms with van der Waals surface area (Å²) in [4.78, 5) is 36.3. The Kier molecular flexibility index (Phi) is 8.43. The van der Waals surface area contributed by atoms with Crippen LogP contribution in [0.3, 0.4) is 0 Å². The predicted molar refractivity (Wildman–Crippen MR) is 123 cm³/mol. The normalized spacial score (nSPS) is 14.0. The van der Waals surface area contributed by atoms with Crippen LogP contribution < -0.4 is 10.6 Å². The second-order valence-corrected chi connectivity index (χ2v) is 8.07. The van der Waals surface area contributed by atoms with E-state index in [0.717, 1.165) is 22.3 Å². The molecule has 8 nitrogen and oxygen atoms in total. The minimum Gasteiger partial charge on any atom is -0.481 e. The number of ether oxygens (including phenoxy) is 2. The molecule has 0 aliphatic heterocycles.